The lowest BCUT2D eigenvalue weighted by molar-refractivity contribution is 0.102. The number of nitrogens with two attached hydrogens (primary N) is 2. The third kappa shape index (κ3) is 5.04. The van der Waals surface area contributed by atoms with E-state index in [0.29, 0.717) is 17.3 Å². The van der Waals surface area contributed by atoms with Gasteiger partial charge in [0.2, 0.25) is 0 Å². The van der Waals surface area contributed by atoms with Crippen LogP contribution in [0.5, 0.6) is 0 Å². The fourth-order valence-electron chi connectivity index (χ4n) is 3.32. The molecule has 2 atom stereocenters. The van der Waals surface area contributed by atoms with E-state index in [1.807, 2.05) is 24.3 Å². The molecule has 0 bridgehead atoms. The molecule has 7 nitrogen and oxygen atoms in total. The Morgan fingerprint density at radius 3 is 2.38 bits per heavy atom. The lowest BCUT2D eigenvalue weighted by atomic mass is 10.1. The van der Waals surface area contributed by atoms with Gasteiger partial charge in [-0.25, -0.2) is 9.18 Å². The summed E-state index contributed by atoms with van der Waals surface area (Å²) < 4.78 is 19.6. The minimum Gasteiger partial charge on any atom is -0.444 e. The first-order valence-corrected chi connectivity index (χ1v) is 10.1. The summed E-state index contributed by atoms with van der Waals surface area (Å²) in [5, 5.41) is 4.97. The second-order valence-electron chi connectivity index (χ2n) is 7.68. The molecule has 8 heteroatoms. The molecule has 1 aliphatic carbocycles. The van der Waals surface area contributed by atoms with Gasteiger partial charge in [-0.1, -0.05) is 36.4 Å². The van der Waals surface area contributed by atoms with Crippen molar-refractivity contribution in [3.8, 4) is 0 Å². The van der Waals surface area contributed by atoms with Gasteiger partial charge >= 0.3 is 6.09 Å². The number of benzene rings is 3. The number of amides is 2. The predicted molar refractivity (Wildman–Crippen MR) is 121 cm³/mol. The topological polar surface area (TPSA) is 119 Å². The maximum absolute atomic E-state index is 14.4. The maximum Gasteiger partial charge on any atom is 0.412 e. The summed E-state index contributed by atoms with van der Waals surface area (Å²) >= 11 is 0. The molecule has 3 aromatic rings. The number of nitrogen functional groups attached to an aromatic ring is 1. The highest BCUT2D eigenvalue weighted by Crippen LogP contribution is 2.38. The summed E-state index contributed by atoms with van der Waals surface area (Å²) in [7, 11) is 0. The minimum absolute atomic E-state index is 0.0451. The molecule has 0 spiro atoms. The van der Waals surface area contributed by atoms with Crippen LogP contribution in [0.2, 0.25) is 0 Å². The largest absolute Gasteiger partial charge is 0.444 e. The van der Waals surface area contributed by atoms with Crippen molar-refractivity contribution < 1.29 is 18.7 Å². The number of carbonyl (C=O) groups excluding carboxylic acids is 2. The summed E-state index contributed by atoms with van der Waals surface area (Å²) in [5.74, 6) is -0.876. The second-order valence-corrected chi connectivity index (χ2v) is 7.68. The van der Waals surface area contributed by atoms with Crippen LogP contribution in [-0.4, -0.2) is 18.0 Å². The van der Waals surface area contributed by atoms with Crippen LogP contribution in [0.3, 0.4) is 0 Å². The maximum atomic E-state index is 14.4. The lowest BCUT2D eigenvalue weighted by Gasteiger charge is -2.11. The zero-order chi connectivity index (χ0) is 22.7. The average molecular weight is 434 g/mol. The molecule has 4 rings (SSSR count). The average Bonchev–Trinajstić information content (AvgIpc) is 3.52. The van der Waals surface area contributed by atoms with E-state index in [4.69, 9.17) is 16.2 Å². The standard InChI is InChI=1S/C24H23FN4O3/c25-18-11-16(23(30)28-22-4-2-1-3-19(22)26)9-10-21(18)29-24(31)32-13-14-5-7-15(8-6-14)17-12-20(17)27/h1-11,17,20H,12-13,26-27H2,(H,28,30)(H,29,31)/t17?,20-/m0/s1. The number of hydrogen-bond acceptors (Lipinski definition) is 5. The Hall–Kier alpha value is -3.91. The molecule has 2 amide bonds. The summed E-state index contributed by atoms with van der Waals surface area (Å²) in [6, 6.07) is 18.4. The first kappa shape index (κ1) is 21.3. The van der Waals surface area contributed by atoms with Crippen LogP contribution in [0, 0.1) is 5.82 Å². The third-order valence-corrected chi connectivity index (χ3v) is 5.29. The Kier molecular flexibility index (Phi) is 6.04. The van der Waals surface area contributed by atoms with Gasteiger partial charge in [-0.3, -0.25) is 10.1 Å². The summed E-state index contributed by atoms with van der Waals surface area (Å²) in [6.45, 7) is 0.0451. The van der Waals surface area contributed by atoms with Crippen molar-refractivity contribution in [1.29, 1.82) is 0 Å². The molecule has 0 saturated heterocycles. The molecule has 32 heavy (non-hydrogen) atoms. The molecule has 3 aromatic carbocycles. The van der Waals surface area contributed by atoms with E-state index in [9.17, 15) is 14.0 Å². The molecule has 164 valence electrons. The van der Waals surface area contributed by atoms with Gasteiger partial charge in [0.25, 0.3) is 5.91 Å². The van der Waals surface area contributed by atoms with E-state index >= 15 is 0 Å². The van der Waals surface area contributed by atoms with E-state index in [1.165, 1.54) is 17.7 Å². The Labute approximate surface area is 184 Å². The van der Waals surface area contributed by atoms with Crippen molar-refractivity contribution in [1.82, 2.24) is 0 Å². The summed E-state index contributed by atoms with van der Waals surface area (Å²) in [6.07, 6.45) is 0.191. The fourth-order valence-corrected chi connectivity index (χ4v) is 3.32. The highest BCUT2D eigenvalue weighted by molar-refractivity contribution is 6.06. The van der Waals surface area contributed by atoms with E-state index in [-0.39, 0.29) is 23.9 Å². The van der Waals surface area contributed by atoms with Gasteiger partial charge < -0.3 is 21.5 Å². The Bertz CT molecular complexity index is 1150. The quantitative estimate of drug-likeness (QED) is 0.433. The number of hydrogen-bond donors (Lipinski definition) is 4. The fraction of sp³-hybridized carbons (Fsp3) is 0.167. The molecule has 0 aromatic heterocycles. The number of carbonyl (C=O) groups is 2. The van der Waals surface area contributed by atoms with Gasteiger partial charge in [-0.05, 0) is 47.9 Å². The predicted octanol–water partition coefficient (Wildman–Crippen LogP) is 4.22. The van der Waals surface area contributed by atoms with Crippen molar-refractivity contribution in [3.63, 3.8) is 0 Å². The van der Waals surface area contributed by atoms with Crippen LogP contribution >= 0.6 is 0 Å². The van der Waals surface area contributed by atoms with Crippen LogP contribution in [0.1, 0.15) is 33.8 Å². The SMILES string of the molecule is Nc1ccccc1NC(=O)c1ccc(NC(=O)OCc2ccc(C3C[C@@H]3N)cc2)c(F)c1. The second kappa shape index (κ2) is 9.07. The summed E-state index contributed by atoms with van der Waals surface area (Å²) in [5.41, 5.74) is 14.4. The first-order chi connectivity index (χ1) is 15.4. The molecular weight excluding hydrogens is 411 g/mol. The highest BCUT2D eigenvalue weighted by Gasteiger charge is 2.34. The van der Waals surface area contributed by atoms with Crippen molar-refractivity contribution in [3.05, 3.63) is 89.2 Å². The van der Waals surface area contributed by atoms with Gasteiger partial charge in [-0.2, -0.15) is 0 Å². The number of ether oxygens (including phenoxy) is 1. The van der Waals surface area contributed by atoms with Crippen LogP contribution in [0.25, 0.3) is 0 Å². The Morgan fingerprint density at radius 2 is 1.72 bits per heavy atom. The van der Waals surface area contributed by atoms with E-state index < -0.39 is 17.8 Å². The van der Waals surface area contributed by atoms with Gasteiger partial charge in [0, 0.05) is 17.5 Å². The zero-order valence-electron chi connectivity index (χ0n) is 17.2. The molecule has 0 heterocycles. The molecule has 0 aliphatic heterocycles. The lowest BCUT2D eigenvalue weighted by Crippen LogP contribution is -2.16. The van der Waals surface area contributed by atoms with Crippen molar-refractivity contribution in [2.75, 3.05) is 16.4 Å². The van der Waals surface area contributed by atoms with Crippen molar-refractivity contribution >= 4 is 29.1 Å². The molecule has 1 saturated carbocycles. The highest BCUT2D eigenvalue weighted by atomic mass is 19.1. The minimum atomic E-state index is -0.800. The van der Waals surface area contributed by atoms with Crippen LogP contribution < -0.4 is 22.1 Å². The number of halogens is 1. The third-order valence-electron chi connectivity index (χ3n) is 5.29. The number of anilines is 3. The molecule has 1 fully saturated rings. The Morgan fingerprint density at radius 1 is 1.00 bits per heavy atom. The van der Waals surface area contributed by atoms with Crippen LogP contribution in [0.4, 0.5) is 26.2 Å². The van der Waals surface area contributed by atoms with E-state index in [0.717, 1.165) is 18.1 Å². The Balaban J connectivity index is 1.31. The van der Waals surface area contributed by atoms with Gasteiger partial charge in [0.1, 0.15) is 12.4 Å². The number of para-hydroxylation sites is 2. The smallest absolute Gasteiger partial charge is 0.412 e. The van der Waals surface area contributed by atoms with E-state index in [1.54, 1.807) is 24.3 Å². The van der Waals surface area contributed by atoms with Gasteiger partial charge in [-0.15, -0.1) is 0 Å². The van der Waals surface area contributed by atoms with Gasteiger partial charge in [0.05, 0.1) is 17.1 Å². The molecule has 6 N–H and O–H groups in total. The normalized spacial score (nSPS) is 16.8. The van der Waals surface area contributed by atoms with E-state index in [2.05, 4.69) is 10.6 Å². The molecule has 1 aliphatic rings. The molecule has 1 unspecified atom stereocenters. The number of nitrogens with one attached hydrogen (secondary N) is 2. The van der Waals surface area contributed by atoms with Crippen molar-refractivity contribution in [2.45, 2.75) is 25.0 Å². The first-order valence-electron chi connectivity index (χ1n) is 10.1. The van der Waals surface area contributed by atoms with Crippen LogP contribution in [0.15, 0.2) is 66.7 Å². The summed E-state index contributed by atoms with van der Waals surface area (Å²) in [4.78, 5) is 24.4. The van der Waals surface area contributed by atoms with Crippen molar-refractivity contribution in [2.24, 2.45) is 5.73 Å². The molecular formula is C24H23FN4O3. The van der Waals surface area contributed by atoms with Gasteiger partial charge in [0.15, 0.2) is 0 Å². The number of rotatable bonds is 6. The molecule has 0 radical (unpaired) electrons. The van der Waals surface area contributed by atoms with Crippen LogP contribution in [-0.2, 0) is 11.3 Å². The monoisotopic (exact) mass is 434 g/mol. The zero-order valence-corrected chi connectivity index (χ0v) is 17.2.